The Balaban J connectivity index is 0.000000188. The topological polar surface area (TPSA) is 61.4 Å². The van der Waals surface area contributed by atoms with Gasteiger partial charge in [0, 0.05) is 33.9 Å². The molecule has 1 unspecified atom stereocenters. The fourth-order valence-corrected chi connectivity index (χ4v) is 5.73. The molecule has 10 heteroatoms. The summed E-state index contributed by atoms with van der Waals surface area (Å²) in [7, 11) is 1.88. The van der Waals surface area contributed by atoms with Crippen LogP contribution in [0.4, 0.5) is 10.1 Å². The maximum atomic E-state index is 12.5. The van der Waals surface area contributed by atoms with E-state index in [2.05, 4.69) is 39.7 Å². The molecule has 0 aliphatic carbocycles. The molecule has 2 atom stereocenters. The van der Waals surface area contributed by atoms with E-state index in [-0.39, 0.29) is 11.1 Å². The molecule has 1 aromatic carbocycles. The molecule has 1 aliphatic rings. The van der Waals surface area contributed by atoms with Crippen LogP contribution in [0, 0.1) is 5.82 Å². The lowest BCUT2D eigenvalue weighted by Gasteiger charge is -2.28. The number of nitrogens with one attached hydrogen (secondary N) is 2. The van der Waals surface area contributed by atoms with Crippen molar-refractivity contribution in [3.63, 3.8) is 0 Å². The van der Waals surface area contributed by atoms with Gasteiger partial charge in [-0.15, -0.1) is 22.7 Å². The zero-order valence-corrected chi connectivity index (χ0v) is 18.6. The van der Waals surface area contributed by atoms with E-state index >= 15 is 0 Å². The van der Waals surface area contributed by atoms with E-state index in [1.807, 2.05) is 11.4 Å². The molecule has 154 valence electrons. The molecule has 29 heavy (non-hydrogen) atoms. The minimum Gasteiger partial charge on any atom is -0.329 e. The third-order valence-electron chi connectivity index (χ3n) is 4.14. The van der Waals surface area contributed by atoms with Crippen LogP contribution in [0.2, 0.25) is 5.02 Å². The van der Waals surface area contributed by atoms with Crippen molar-refractivity contribution in [3.8, 4) is 9.75 Å². The van der Waals surface area contributed by atoms with Gasteiger partial charge in [-0.25, -0.2) is 17.6 Å². The zero-order valence-electron chi connectivity index (χ0n) is 15.4. The minimum atomic E-state index is -1.05. The maximum Gasteiger partial charge on any atom is 0.211 e. The third-order valence-corrected chi connectivity index (χ3v) is 7.93. The fourth-order valence-electron chi connectivity index (χ4n) is 2.61. The number of carbonyl (C=O) groups is 1. The lowest BCUT2D eigenvalue weighted by Crippen LogP contribution is -2.41. The van der Waals surface area contributed by atoms with Gasteiger partial charge in [-0.3, -0.25) is 4.79 Å². The first-order chi connectivity index (χ1) is 14.0. The second kappa shape index (κ2) is 10.4. The molecule has 2 N–H and O–H groups in total. The summed E-state index contributed by atoms with van der Waals surface area (Å²) < 4.78 is 29.2. The number of benzene rings is 1. The minimum absolute atomic E-state index is 0.00292. The van der Waals surface area contributed by atoms with Crippen LogP contribution >= 0.6 is 34.3 Å². The van der Waals surface area contributed by atoms with Gasteiger partial charge in [0.1, 0.15) is 5.82 Å². The van der Waals surface area contributed by atoms with Gasteiger partial charge in [-0.2, -0.15) is 0 Å². The van der Waals surface area contributed by atoms with Crippen molar-refractivity contribution in [3.05, 3.63) is 63.6 Å². The number of thiophene rings is 2. The number of rotatable bonds is 4. The molecule has 1 fully saturated rings. The number of anilines is 1. The van der Waals surface area contributed by atoms with Crippen LogP contribution in [0.25, 0.3) is 9.75 Å². The summed E-state index contributed by atoms with van der Waals surface area (Å²) in [5.74, 6) is -0.497. The molecule has 5 nitrogen and oxygen atoms in total. The number of halogens is 2. The van der Waals surface area contributed by atoms with Crippen LogP contribution in [-0.2, 0) is 16.0 Å². The summed E-state index contributed by atoms with van der Waals surface area (Å²) in [6.45, 7) is 0.872. The molecule has 3 aromatic rings. The van der Waals surface area contributed by atoms with Gasteiger partial charge in [0.05, 0.1) is 11.1 Å². The van der Waals surface area contributed by atoms with Gasteiger partial charge in [0.15, 0.2) is 11.2 Å². The first-order valence-corrected chi connectivity index (χ1v) is 11.8. The largest absolute Gasteiger partial charge is 0.329 e. The Labute approximate surface area is 184 Å². The molecular weight excluding hydrogens is 453 g/mol. The average molecular weight is 472 g/mol. The smallest absolute Gasteiger partial charge is 0.211 e. The summed E-state index contributed by atoms with van der Waals surface area (Å²) in [4.78, 5) is 13.8. The van der Waals surface area contributed by atoms with E-state index in [9.17, 15) is 13.4 Å². The number of carbonyl (C=O) groups excluding carboxylic acids is 1. The van der Waals surface area contributed by atoms with Crippen molar-refractivity contribution in [1.82, 2.24) is 9.03 Å². The summed E-state index contributed by atoms with van der Waals surface area (Å²) in [6.07, 6.45) is 1.51. The quantitative estimate of drug-likeness (QED) is 0.522. The molecule has 0 radical (unpaired) electrons. The Morgan fingerprint density at radius 3 is 2.79 bits per heavy atom. The van der Waals surface area contributed by atoms with Crippen LogP contribution in [0.3, 0.4) is 0 Å². The van der Waals surface area contributed by atoms with Gasteiger partial charge < -0.3 is 5.32 Å². The van der Waals surface area contributed by atoms with Gasteiger partial charge in [0.2, 0.25) is 6.41 Å². The van der Waals surface area contributed by atoms with Crippen LogP contribution < -0.4 is 10.0 Å². The number of nitrogens with zero attached hydrogens (tertiary/aromatic N) is 1. The summed E-state index contributed by atoms with van der Waals surface area (Å²) in [5, 5.41) is 4.44. The number of hydrogen-bond acceptors (Lipinski definition) is 4. The maximum absolute atomic E-state index is 12.5. The van der Waals surface area contributed by atoms with Crippen LogP contribution in [0.5, 0.6) is 0 Å². The molecular formula is C19H19ClFN3O2S3. The molecule has 1 aliphatic heterocycles. The Hall–Kier alpha value is -1.62. The average Bonchev–Trinajstić information content (AvgIpc) is 3.39. The lowest BCUT2D eigenvalue weighted by atomic mass is 10.2. The number of hydrogen-bond donors (Lipinski definition) is 2. The summed E-state index contributed by atoms with van der Waals surface area (Å²) in [6, 6.07) is 12.7. The van der Waals surface area contributed by atoms with E-state index in [4.69, 9.17) is 11.6 Å². The van der Waals surface area contributed by atoms with Gasteiger partial charge in [-0.1, -0.05) is 17.7 Å². The summed E-state index contributed by atoms with van der Waals surface area (Å²) >= 11 is 7.92. The van der Waals surface area contributed by atoms with Gasteiger partial charge >= 0.3 is 0 Å². The van der Waals surface area contributed by atoms with Crippen molar-refractivity contribution >= 4 is 57.5 Å². The molecule has 0 spiro atoms. The first-order valence-electron chi connectivity index (χ1n) is 8.66. The van der Waals surface area contributed by atoms with Crippen molar-refractivity contribution in [2.75, 3.05) is 18.9 Å². The van der Waals surface area contributed by atoms with Crippen molar-refractivity contribution < 1.29 is 13.4 Å². The molecule has 0 bridgehead atoms. The van der Waals surface area contributed by atoms with Gasteiger partial charge in [-0.05, 0) is 48.2 Å². The third kappa shape index (κ3) is 5.94. The van der Waals surface area contributed by atoms with E-state index < -0.39 is 17.0 Å². The predicted molar refractivity (Wildman–Crippen MR) is 120 cm³/mol. The fraction of sp³-hybridized carbons (Fsp3) is 0.211. The Morgan fingerprint density at radius 2 is 2.14 bits per heavy atom. The predicted octanol–water partition coefficient (Wildman–Crippen LogP) is 5.07. The van der Waals surface area contributed by atoms with Crippen LogP contribution in [-0.4, -0.2) is 28.5 Å². The second-order valence-electron chi connectivity index (χ2n) is 6.13. The van der Waals surface area contributed by atoms with E-state index in [0.717, 1.165) is 13.0 Å². The van der Waals surface area contributed by atoms with Crippen molar-refractivity contribution in [2.45, 2.75) is 12.5 Å². The molecule has 4 rings (SSSR count). The first kappa shape index (κ1) is 22.1. The highest BCUT2D eigenvalue weighted by atomic mass is 35.5. The normalized spacial score (nSPS) is 19.3. The highest BCUT2D eigenvalue weighted by Gasteiger charge is 2.24. The highest BCUT2D eigenvalue weighted by Crippen LogP contribution is 2.35. The van der Waals surface area contributed by atoms with Crippen molar-refractivity contribution in [1.29, 1.82) is 0 Å². The SMILES string of the molecule is CN1CC[C@@H](c2ccc(-c3cccs3)s2)NS1=O.O=CNc1ccc(F)c(Cl)c1. The summed E-state index contributed by atoms with van der Waals surface area (Å²) in [5.41, 5.74) is 0.478. The second-order valence-corrected chi connectivity index (χ2v) is 9.96. The van der Waals surface area contributed by atoms with E-state index in [1.54, 1.807) is 22.7 Å². The van der Waals surface area contributed by atoms with Crippen molar-refractivity contribution in [2.24, 2.45) is 0 Å². The molecule has 1 amide bonds. The zero-order chi connectivity index (χ0) is 20.8. The molecule has 3 heterocycles. The highest BCUT2D eigenvalue weighted by molar-refractivity contribution is 7.80. The molecule has 2 aromatic heterocycles. The standard InChI is InChI=1S/C12H14N2OS3.C7H5ClFNO/c1-14-7-6-9(13-18(14)15)10-4-5-12(17-10)11-3-2-8-16-11;8-6-3-5(10-4-11)1-2-7(6)9/h2-5,8-9,13H,6-7H2,1H3;1-4H,(H,10,11)/t9-,18?;/m0./s1. The van der Waals surface area contributed by atoms with Gasteiger partial charge in [0.25, 0.3) is 0 Å². The monoisotopic (exact) mass is 471 g/mol. The van der Waals surface area contributed by atoms with E-state index in [1.165, 1.54) is 32.8 Å². The number of amides is 1. The Morgan fingerprint density at radius 1 is 1.31 bits per heavy atom. The Kier molecular flexibility index (Phi) is 7.93. The van der Waals surface area contributed by atoms with Crippen LogP contribution in [0.1, 0.15) is 17.3 Å². The molecule has 0 saturated carbocycles. The lowest BCUT2D eigenvalue weighted by molar-refractivity contribution is -0.105. The van der Waals surface area contributed by atoms with E-state index in [0.29, 0.717) is 12.1 Å². The van der Waals surface area contributed by atoms with Crippen LogP contribution in [0.15, 0.2) is 47.8 Å². The molecule has 1 saturated heterocycles. The Bertz CT molecular complexity index is 981.